The second kappa shape index (κ2) is 9.69. The van der Waals surface area contributed by atoms with Crippen LogP contribution in [0.3, 0.4) is 0 Å². The van der Waals surface area contributed by atoms with Crippen molar-refractivity contribution in [3.8, 4) is 11.3 Å². The number of carbonyl (C=O) groups is 1. The van der Waals surface area contributed by atoms with Gasteiger partial charge in [0.2, 0.25) is 0 Å². The Morgan fingerprint density at radius 3 is 2.30 bits per heavy atom. The highest BCUT2D eigenvalue weighted by molar-refractivity contribution is 5.87. The van der Waals surface area contributed by atoms with Gasteiger partial charge in [0.1, 0.15) is 0 Å². The third-order valence-corrected chi connectivity index (χ3v) is 5.90. The molecule has 6 heteroatoms. The first-order valence-electron chi connectivity index (χ1n) is 10.2. The molecule has 2 heterocycles. The third-order valence-electron chi connectivity index (χ3n) is 5.90. The largest absolute Gasteiger partial charge is 0.483 e. The Labute approximate surface area is 176 Å². The van der Waals surface area contributed by atoms with Crippen molar-refractivity contribution in [3.05, 3.63) is 70.0 Å². The maximum absolute atomic E-state index is 12.5. The van der Waals surface area contributed by atoms with Crippen LogP contribution in [-0.4, -0.2) is 59.6 Å². The van der Waals surface area contributed by atoms with E-state index in [1.54, 1.807) is 0 Å². The summed E-state index contributed by atoms with van der Waals surface area (Å²) in [6, 6.07) is 17.0. The summed E-state index contributed by atoms with van der Waals surface area (Å²) < 4.78 is 0. The maximum atomic E-state index is 12.5. The summed E-state index contributed by atoms with van der Waals surface area (Å²) in [6.45, 7) is 8.54. The van der Waals surface area contributed by atoms with Crippen LogP contribution in [0, 0.1) is 6.92 Å². The number of pyridine rings is 1. The number of hydrogen-bond acceptors (Lipinski definition) is 4. The van der Waals surface area contributed by atoms with Crippen molar-refractivity contribution in [2.24, 2.45) is 0 Å². The number of aromatic amines is 1. The lowest BCUT2D eigenvalue weighted by molar-refractivity contribution is -0.122. The van der Waals surface area contributed by atoms with Crippen molar-refractivity contribution in [3.63, 3.8) is 0 Å². The number of H-pyrrole nitrogens is 1. The molecule has 0 aliphatic carbocycles. The lowest BCUT2D eigenvalue weighted by Gasteiger charge is -2.36. The van der Waals surface area contributed by atoms with Crippen molar-refractivity contribution in [1.82, 2.24) is 14.8 Å². The van der Waals surface area contributed by atoms with Gasteiger partial charge in [-0.15, -0.1) is 0 Å². The van der Waals surface area contributed by atoms with E-state index in [0.29, 0.717) is 6.04 Å². The second-order valence-corrected chi connectivity index (χ2v) is 7.79. The van der Waals surface area contributed by atoms with Crippen LogP contribution in [0.4, 0.5) is 0 Å². The smallest absolute Gasteiger partial charge is 0.290 e. The quantitative estimate of drug-likeness (QED) is 0.650. The SMILES string of the molecule is Cc1cccc2c(=O)[nH]c(-c3ccc(C(C)N4CCN(C)CC4)cc3)cc12.O=CO. The standard InChI is InChI=1S/C23H27N3O.CH2O2/c1-16-5-4-6-20-21(16)15-22(24-23(20)27)19-9-7-18(8-10-19)17(2)26-13-11-25(3)12-14-26;2-1-3/h4-10,15,17H,11-14H2,1-3H3,(H,24,27);1H,(H,2,3). The normalized spacial score (nSPS) is 16.0. The van der Waals surface area contributed by atoms with E-state index in [4.69, 9.17) is 9.90 Å². The molecule has 1 saturated heterocycles. The molecular weight excluding hydrogens is 378 g/mol. The van der Waals surface area contributed by atoms with Gasteiger partial charge in [-0.25, -0.2) is 0 Å². The fraction of sp³-hybridized carbons (Fsp3) is 0.333. The summed E-state index contributed by atoms with van der Waals surface area (Å²) in [6.07, 6.45) is 0. The molecule has 2 aromatic carbocycles. The molecule has 1 atom stereocenters. The fourth-order valence-corrected chi connectivity index (χ4v) is 3.96. The molecule has 0 saturated carbocycles. The minimum atomic E-state index is -0.250. The lowest BCUT2D eigenvalue weighted by atomic mass is 10.0. The highest BCUT2D eigenvalue weighted by Crippen LogP contribution is 2.26. The van der Waals surface area contributed by atoms with E-state index >= 15 is 0 Å². The summed E-state index contributed by atoms with van der Waals surface area (Å²) >= 11 is 0. The zero-order chi connectivity index (χ0) is 21.7. The van der Waals surface area contributed by atoms with E-state index in [2.05, 4.69) is 59.1 Å². The molecule has 0 spiro atoms. The van der Waals surface area contributed by atoms with Crippen molar-refractivity contribution < 1.29 is 9.90 Å². The average molecular weight is 408 g/mol. The molecule has 1 fully saturated rings. The zero-order valence-electron chi connectivity index (χ0n) is 17.8. The Kier molecular flexibility index (Phi) is 7.03. The zero-order valence-corrected chi connectivity index (χ0v) is 17.8. The number of hydrogen-bond donors (Lipinski definition) is 2. The Bertz CT molecular complexity index is 1050. The van der Waals surface area contributed by atoms with Crippen LogP contribution in [0.15, 0.2) is 53.3 Å². The molecule has 0 amide bonds. The lowest BCUT2D eigenvalue weighted by Crippen LogP contribution is -2.45. The highest BCUT2D eigenvalue weighted by atomic mass is 16.3. The van der Waals surface area contributed by atoms with Gasteiger partial charge in [0.05, 0.1) is 0 Å². The van der Waals surface area contributed by atoms with Crippen LogP contribution >= 0.6 is 0 Å². The molecule has 1 unspecified atom stereocenters. The molecule has 1 aliphatic heterocycles. The molecule has 30 heavy (non-hydrogen) atoms. The number of carboxylic acid groups (broad SMARTS) is 1. The van der Waals surface area contributed by atoms with E-state index in [9.17, 15) is 4.79 Å². The summed E-state index contributed by atoms with van der Waals surface area (Å²) in [5.41, 5.74) is 4.34. The Hall–Kier alpha value is -2.96. The second-order valence-electron chi connectivity index (χ2n) is 7.79. The predicted octanol–water partition coefficient (Wildman–Crippen LogP) is 3.51. The van der Waals surface area contributed by atoms with Crippen LogP contribution in [0.5, 0.6) is 0 Å². The number of aryl methyl sites for hydroxylation is 1. The van der Waals surface area contributed by atoms with Gasteiger partial charge in [-0.1, -0.05) is 36.4 Å². The molecule has 0 radical (unpaired) electrons. The number of nitrogens with zero attached hydrogens (tertiary/aromatic N) is 2. The first-order valence-corrected chi connectivity index (χ1v) is 10.2. The van der Waals surface area contributed by atoms with Gasteiger partial charge in [-0.05, 0) is 55.1 Å². The molecule has 6 nitrogen and oxygen atoms in total. The van der Waals surface area contributed by atoms with E-state index in [1.807, 2.05) is 25.1 Å². The maximum Gasteiger partial charge on any atom is 0.290 e. The van der Waals surface area contributed by atoms with Crippen LogP contribution < -0.4 is 5.56 Å². The molecule has 2 N–H and O–H groups in total. The van der Waals surface area contributed by atoms with Gasteiger partial charge in [-0.2, -0.15) is 0 Å². The van der Waals surface area contributed by atoms with Crippen molar-refractivity contribution in [1.29, 1.82) is 0 Å². The predicted molar refractivity (Wildman–Crippen MR) is 121 cm³/mol. The van der Waals surface area contributed by atoms with Crippen molar-refractivity contribution in [2.45, 2.75) is 19.9 Å². The number of piperazine rings is 1. The topological polar surface area (TPSA) is 76.6 Å². The fourth-order valence-electron chi connectivity index (χ4n) is 3.96. The molecule has 158 valence electrons. The molecule has 4 rings (SSSR count). The van der Waals surface area contributed by atoms with Crippen LogP contribution in [0.2, 0.25) is 0 Å². The molecule has 3 aromatic rings. The monoisotopic (exact) mass is 407 g/mol. The Morgan fingerprint density at radius 1 is 1.03 bits per heavy atom. The van der Waals surface area contributed by atoms with Crippen LogP contribution in [0.25, 0.3) is 22.0 Å². The first-order chi connectivity index (χ1) is 14.4. The third kappa shape index (κ3) is 4.78. The van der Waals surface area contributed by atoms with E-state index in [0.717, 1.165) is 53.8 Å². The summed E-state index contributed by atoms with van der Waals surface area (Å²) in [7, 11) is 2.18. The number of likely N-dealkylation sites (N-methyl/N-ethyl adjacent to an activating group) is 1. The summed E-state index contributed by atoms with van der Waals surface area (Å²) in [5, 5.41) is 8.66. The van der Waals surface area contributed by atoms with Gasteiger partial charge in [-0.3, -0.25) is 14.5 Å². The Balaban J connectivity index is 0.000000806. The number of rotatable bonds is 3. The molecular formula is C24H29N3O3. The van der Waals surface area contributed by atoms with Crippen molar-refractivity contribution in [2.75, 3.05) is 33.2 Å². The van der Waals surface area contributed by atoms with Crippen LogP contribution in [-0.2, 0) is 4.79 Å². The van der Waals surface area contributed by atoms with Crippen molar-refractivity contribution >= 4 is 17.2 Å². The number of benzene rings is 2. The van der Waals surface area contributed by atoms with Crippen LogP contribution in [0.1, 0.15) is 24.1 Å². The molecule has 1 aromatic heterocycles. The van der Waals surface area contributed by atoms with Gasteiger partial charge < -0.3 is 15.0 Å². The number of nitrogens with one attached hydrogen (secondary N) is 1. The van der Waals surface area contributed by atoms with E-state index < -0.39 is 0 Å². The highest BCUT2D eigenvalue weighted by Gasteiger charge is 2.20. The van der Waals surface area contributed by atoms with E-state index in [-0.39, 0.29) is 12.0 Å². The van der Waals surface area contributed by atoms with Gasteiger partial charge in [0, 0.05) is 43.3 Å². The average Bonchev–Trinajstić information content (AvgIpc) is 2.75. The number of aromatic nitrogens is 1. The molecule has 0 bridgehead atoms. The first kappa shape index (κ1) is 21.7. The summed E-state index contributed by atoms with van der Waals surface area (Å²) in [4.78, 5) is 28.8. The summed E-state index contributed by atoms with van der Waals surface area (Å²) in [5.74, 6) is 0. The molecule has 1 aliphatic rings. The van der Waals surface area contributed by atoms with Gasteiger partial charge in [0.25, 0.3) is 12.0 Å². The van der Waals surface area contributed by atoms with E-state index in [1.165, 1.54) is 5.56 Å². The minimum Gasteiger partial charge on any atom is -0.483 e. The van der Waals surface area contributed by atoms with Gasteiger partial charge >= 0.3 is 0 Å². The number of fused-ring (bicyclic) bond motifs is 1. The minimum absolute atomic E-state index is 0.0268. The Morgan fingerprint density at radius 2 is 1.67 bits per heavy atom. The van der Waals surface area contributed by atoms with Gasteiger partial charge in [0.15, 0.2) is 0 Å².